The van der Waals surface area contributed by atoms with Gasteiger partial charge in [0.25, 0.3) is 6.42 Å². The second kappa shape index (κ2) is 38.4. The molecule has 14 rings (SSSR count). The van der Waals surface area contributed by atoms with E-state index in [4.69, 9.17) is 48.1 Å². The molecule has 714 valence electrons. The van der Waals surface area contributed by atoms with Crippen molar-refractivity contribution in [2.75, 3.05) is 0 Å². The SMILES string of the molecule is Cc1nc(-c2c(C)c(C)c(C)c(C)c2O)c(C)c(C)c1C.Cc1nc(-c2c(C)c(C)c(C)c(C)c2S)c(C)c(C)c1C.Cc1nc2c(O)c(C)c(C)c(C)c2c(C)c1C.Cc1nn([B-](c2c(C)c(C)c(C)c(C)c2C)(c2c(C)c(C)c(C)c(C)c2C)n2nc(C)c(C)c2C)c(C)c1C.Cc1nn([B-](c2c(C)c(C)c(C)c(C)c2C)(n2nc(C)c(C)c2C)n2nc(C)c(C)c2C)c(C)c1C. The van der Waals surface area contributed by atoms with Gasteiger partial charge in [0.15, 0.2) is 0 Å². The van der Waals surface area contributed by atoms with E-state index in [1.54, 1.807) is 0 Å². The molecular formula is C116H159B2N13O2S-2. The molecule has 0 unspecified atom stereocenters. The van der Waals surface area contributed by atoms with Crippen LogP contribution in [0.4, 0.5) is 0 Å². The monoisotopic (exact) mass is 1820 g/mol. The molecule has 0 bridgehead atoms. The van der Waals surface area contributed by atoms with Crippen LogP contribution in [0.1, 0.15) is 291 Å². The van der Waals surface area contributed by atoms with Crippen LogP contribution in [0, 0.1) is 360 Å². The largest absolute Gasteiger partial charge is 0.507 e. The fourth-order valence-electron chi connectivity index (χ4n) is 21.5. The number of fused-ring (bicyclic) bond motifs is 1. The Labute approximate surface area is 811 Å². The highest BCUT2D eigenvalue weighted by atomic mass is 32.1. The summed E-state index contributed by atoms with van der Waals surface area (Å²) in [6, 6.07) is 0. The maximum Gasteiger partial charge on any atom is 0.370 e. The van der Waals surface area contributed by atoms with E-state index in [9.17, 15) is 10.2 Å². The number of aromatic hydroxyl groups is 2. The quantitative estimate of drug-likeness (QED) is 0.0885. The third-order valence-electron chi connectivity index (χ3n) is 35.0. The molecule has 0 saturated carbocycles. The number of hydrogen-bond donors (Lipinski definition) is 3. The van der Waals surface area contributed by atoms with Crippen LogP contribution in [0.25, 0.3) is 33.4 Å². The van der Waals surface area contributed by atoms with E-state index < -0.39 is 13.0 Å². The molecule has 15 nitrogen and oxygen atoms in total. The Bertz CT molecular complexity index is 6680. The Kier molecular flexibility index (Phi) is 30.1. The van der Waals surface area contributed by atoms with Crippen LogP contribution >= 0.6 is 12.6 Å². The van der Waals surface area contributed by atoms with Gasteiger partial charge in [0, 0.05) is 38.5 Å². The first-order valence-electron chi connectivity index (χ1n) is 48.2. The van der Waals surface area contributed by atoms with E-state index in [-0.39, 0.29) is 0 Å². The Morgan fingerprint density at radius 1 is 0.187 bits per heavy atom. The van der Waals surface area contributed by atoms with Gasteiger partial charge in [0.1, 0.15) is 17.0 Å². The first kappa shape index (κ1) is 105. The van der Waals surface area contributed by atoms with Crippen LogP contribution in [0.15, 0.2) is 4.90 Å². The Balaban J connectivity index is 0.000000180. The fourth-order valence-corrected chi connectivity index (χ4v) is 21.9. The summed E-state index contributed by atoms with van der Waals surface area (Å²) >= 11 is 4.81. The van der Waals surface area contributed by atoms with E-state index in [0.29, 0.717) is 11.5 Å². The molecular weight excluding hydrogens is 1660 g/mol. The molecule has 14 aromatic rings. The normalized spacial score (nSPS) is 11.7. The highest BCUT2D eigenvalue weighted by Crippen LogP contribution is 2.44. The lowest BCUT2D eigenvalue weighted by Gasteiger charge is -2.50. The number of thiol groups is 1. The molecule has 134 heavy (non-hydrogen) atoms. The van der Waals surface area contributed by atoms with E-state index in [1.807, 2.05) is 27.7 Å². The summed E-state index contributed by atoms with van der Waals surface area (Å²) in [5.74, 6) is 0.697. The van der Waals surface area contributed by atoms with Gasteiger partial charge < -0.3 is 33.2 Å². The van der Waals surface area contributed by atoms with Gasteiger partial charge in [-0.3, -0.25) is 9.97 Å². The summed E-state index contributed by atoms with van der Waals surface area (Å²) in [7, 11) is 0. The van der Waals surface area contributed by atoms with Gasteiger partial charge in [0.05, 0.1) is 39.9 Å². The molecule has 8 heterocycles. The second-order valence-corrected chi connectivity index (χ2v) is 41.0. The maximum atomic E-state index is 10.7. The number of pyridine rings is 3. The fraction of sp³-hybridized carbons (Fsp3) is 0.448. The minimum absolute atomic E-state index is 0.328. The molecule has 6 aromatic carbocycles. The minimum Gasteiger partial charge on any atom is -0.507 e. The van der Waals surface area contributed by atoms with E-state index >= 15 is 0 Å². The Hall–Kier alpha value is -10.8. The lowest BCUT2D eigenvalue weighted by Crippen LogP contribution is -2.74. The van der Waals surface area contributed by atoms with Crippen molar-refractivity contribution in [2.45, 2.75) is 365 Å². The number of hydrogen-bond acceptors (Lipinski definition) is 11. The molecule has 0 aliphatic rings. The second-order valence-electron chi connectivity index (χ2n) is 40.5. The average Bonchev–Trinajstić information content (AvgIpc) is 1.11. The molecule has 18 heteroatoms. The van der Waals surface area contributed by atoms with Crippen molar-refractivity contribution >= 4 is 52.9 Å². The lowest BCUT2D eigenvalue weighted by atomic mass is 9.33. The summed E-state index contributed by atoms with van der Waals surface area (Å²) in [6.07, 6.45) is -1.86. The third-order valence-corrected chi connectivity index (χ3v) is 35.6. The van der Waals surface area contributed by atoms with Crippen LogP contribution in [0.5, 0.6) is 11.5 Å². The van der Waals surface area contributed by atoms with Crippen molar-refractivity contribution in [2.24, 2.45) is 0 Å². The van der Waals surface area contributed by atoms with Crippen molar-refractivity contribution < 1.29 is 10.2 Å². The van der Waals surface area contributed by atoms with Crippen molar-refractivity contribution in [3.8, 4) is 34.0 Å². The zero-order chi connectivity index (χ0) is 101. The minimum atomic E-state index is -1.97. The number of phenolic OH excluding ortho intramolecular Hbond substituents is 2. The molecule has 2 N–H and O–H groups in total. The van der Waals surface area contributed by atoms with Gasteiger partial charge in [-0.25, -0.2) is 30.5 Å². The molecule has 0 spiro atoms. The Morgan fingerprint density at radius 2 is 0.403 bits per heavy atom. The summed E-state index contributed by atoms with van der Waals surface area (Å²) in [5, 5.41) is 48.6. The van der Waals surface area contributed by atoms with Crippen molar-refractivity contribution in [3.63, 3.8) is 0 Å². The van der Waals surface area contributed by atoms with Crippen LogP contribution < -0.4 is 16.4 Å². The van der Waals surface area contributed by atoms with Crippen LogP contribution in [0.2, 0.25) is 0 Å². The van der Waals surface area contributed by atoms with Gasteiger partial charge in [-0.15, -0.1) is 18.1 Å². The summed E-state index contributed by atoms with van der Waals surface area (Å²) in [4.78, 5) is 15.3. The third kappa shape index (κ3) is 16.5. The highest BCUT2D eigenvalue weighted by Gasteiger charge is 2.47. The first-order chi connectivity index (χ1) is 61.9. The predicted molar refractivity (Wildman–Crippen MR) is 576 cm³/mol. The van der Waals surface area contributed by atoms with E-state index in [2.05, 4.69) is 360 Å². The predicted octanol–water partition coefficient (Wildman–Crippen LogP) is 26.3. The molecule has 0 radical (unpaired) electrons. The summed E-state index contributed by atoms with van der Waals surface area (Å²) in [5.41, 5.74) is 72.0. The van der Waals surface area contributed by atoms with E-state index in [0.717, 1.165) is 129 Å². The topological polar surface area (TPSA) is 168 Å². The standard InChI is InChI=1S/C34H48BN4.C29H42BN6.C19H25NO.C19H25NS.C15H19NO/c1-17-19(3)23(7)33(24(8)20(17)4)35(38-31(15)27(11)29(13)36-38,39-32(16)28(12)30(14)37-39)34-25(9)21(5)18(2)22(6)26(34)10;1-15-16(2)18(4)29(19(5)17(15)3)30(34-26(12)20(6)23(9)31-34,35-27(13)21(7)24(10)32-35)36-28(14)22(8)25(11)33-36;2*1-9-10(2)15(7)19(21)17(13(9)5)18-14(6)11(3)12(4)16(8)20-18;1-7-9(3)13-10(4)8(2)12(6)16-14(13)15(17)11(7)5/h1-16H3;1-14H3;2*21H,1-8H3;17H,1-6H3/q2*-1;;;. The molecule has 0 amide bonds. The average molecular weight is 1820 g/mol. The smallest absolute Gasteiger partial charge is 0.370 e. The molecule has 0 aliphatic heterocycles. The van der Waals surface area contributed by atoms with Crippen LogP contribution in [-0.4, -0.2) is 86.6 Å². The maximum absolute atomic E-state index is 10.7. The van der Waals surface area contributed by atoms with Gasteiger partial charge in [-0.1, -0.05) is 33.4 Å². The van der Waals surface area contributed by atoms with Crippen molar-refractivity contribution in [1.29, 1.82) is 0 Å². The van der Waals surface area contributed by atoms with Gasteiger partial charge in [-0.05, 0) is 572 Å². The number of aromatic nitrogens is 13. The molecule has 8 aromatic heterocycles. The van der Waals surface area contributed by atoms with Gasteiger partial charge in [0.2, 0.25) is 0 Å². The lowest BCUT2D eigenvalue weighted by molar-refractivity contribution is 0.471. The zero-order valence-corrected chi connectivity index (χ0v) is 93.2. The Morgan fingerprint density at radius 3 is 0.709 bits per heavy atom. The van der Waals surface area contributed by atoms with Crippen molar-refractivity contribution in [1.82, 2.24) is 63.4 Å². The summed E-state index contributed by atoms with van der Waals surface area (Å²) < 4.78 is 11.5. The first-order valence-corrected chi connectivity index (χ1v) is 48.6. The number of phenols is 2. The molecule has 0 atom stereocenters. The molecule has 0 fully saturated rings. The van der Waals surface area contributed by atoms with Gasteiger partial charge in [-0.2, -0.15) is 10.9 Å². The number of benzene rings is 6. The van der Waals surface area contributed by atoms with Gasteiger partial charge >= 0.3 is 6.55 Å². The van der Waals surface area contributed by atoms with Crippen molar-refractivity contribution in [3.05, 3.63) is 291 Å². The summed E-state index contributed by atoms with van der Waals surface area (Å²) in [6.45, 7) is 111. The van der Waals surface area contributed by atoms with Crippen LogP contribution in [0.3, 0.4) is 0 Å². The van der Waals surface area contributed by atoms with E-state index in [1.165, 1.54) is 217 Å². The highest BCUT2D eigenvalue weighted by molar-refractivity contribution is 7.80. The number of rotatable bonds is 10. The number of nitrogens with zero attached hydrogens (tertiary/aromatic N) is 13. The molecule has 0 aliphatic carbocycles. The number of aryl methyl sites for hydroxylation is 10. The zero-order valence-electron chi connectivity index (χ0n) is 92.3. The molecule has 0 saturated heterocycles. The van der Waals surface area contributed by atoms with Crippen LogP contribution in [-0.2, 0) is 0 Å².